The Kier molecular flexibility index (Phi) is 4.04. The highest BCUT2D eigenvalue weighted by atomic mass is 16.5. The first kappa shape index (κ1) is 9.48. The lowest BCUT2D eigenvalue weighted by molar-refractivity contribution is -0.142. The predicted octanol–water partition coefficient (Wildman–Crippen LogP) is -0.545. The lowest BCUT2D eigenvalue weighted by Gasteiger charge is -2.26. The summed E-state index contributed by atoms with van der Waals surface area (Å²) in [6.07, 6.45) is 1.02. The monoisotopic (exact) mass is 172 g/mol. The largest absolute Gasteiger partial charge is 0.370 e. The normalized spacial score (nSPS) is 18.4. The Morgan fingerprint density at radius 2 is 2.50 bits per heavy atom. The first-order valence-corrected chi connectivity index (χ1v) is 4.34. The average Bonchev–Trinajstić information content (AvgIpc) is 2.09. The summed E-state index contributed by atoms with van der Waals surface area (Å²) < 4.78 is 5.01. The van der Waals surface area contributed by atoms with E-state index in [2.05, 4.69) is 5.32 Å². The molecule has 0 unspecified atom stereocenters. The maximum absolute atomic E-state index is 11.2. The minimum atomic E-state index is 0.123. The molecule has 1 fully saturated rings. The van der Waals surface area contributed by atoms with Gasteiger partial charge >= 0.3 is 0 Å². The van der Waals surface area contributed by atoms with Crippen LogP contribution in [0, 0.1) is 0 Å². The summed E-state index contributed by atoms with van der Waals surface area (Å²) in [5.74, 6) is 0.123. The second-order valence-corrected chi connectivity index (χ2v) is 2.89. The van der Waals surface area contributed by atoms with Crippen LogP contribution in [-0.2, 0) is 9.53 Å². The van der Waals surface area contributed by atoms with Crippen molar-refractivity contribution in [2.45, 2.75) is 6.42 Å². The molecule has 0 spiro atoms. The highest BCUT2D eigenvalue weighted by molar-refractivity contribution is 5.77. The molecule has 1 N–H and O–H groups in total. The van der Waals surface area contributed by atoms with E-state index in [4.69, 9.17) is 4.74 Å². The van der Waals surface area contributed by atoms with E-state index < -0.39 is 0 Å². The Balaban J connectivity index is 2.16. The maximum Gasteiger partial charge on any atom is 0.248 e. The van der Waals surface area contributed by atoms with Crippen molar-refractivity contribution in [1.29, 1.82) is 0 Å². The van der Waals surface area contributed by atoms with E-state index in [1.165, 1.54) is 0 Å². The number of morpholine rings is 1. The van der Waals surface area contributed by atoms with Gasteiger partial charge in [-0.25, -0.2) is 0 Å². The summed E-state index contributed by atoms with van der Waals surface area (Å²) in [7, 11) is 1.92. The number of carbonyl (C=O) groups excluding carboxylic acids is 1. The smallest absolute Gasteiger partial charge is 0.248 e. The van der Waals surface area contributed by atoms with Gasteiger partial charge in [0, 0.05) is 13.1 Å². The van der Waals surface area contributed by atoms with E-state index in [0.717, 1.165) is 26.1 Å². The van der Waals surface area contributed by atoms with E-state index in [0.29, 0.717) is 6.61 Å². The summed E-state index contributed by atoms with van der Waals surface area (Å²) in [5, 5.41) is 3.05. The van der Waals surface area contributed by atoms with Crippen molar-refractivity contribution in [3.8, 4) is 0 Å². The predicted molar refractivity (Wildman–Crippen MR) is 45.9 cm³/mol. The Morgan fingerprint density at radius 3 is 3.17 bits per heavy atom. The number of hydrogen-bond donors (Lipinski definition) is 1. The van der Waals surface area contributed by atoms with Crippen LogP contribution >= 0.6 is 0 Å². The summed E-state index contributed by atoms with van der Waals surface area (Å²) in [6, 6.07) is 0. The number of rotatable bonds is 4. The molecule has 1 heterocycles. The van der Waals surface area contributed by atoms with Gasteiger partial charge in [0.15, 0.2) is 0 Å². The van der Waals surface area contributed by atoms with Crippen LogP contribution in [0.4, 0.5) is 0 Å². The molecule has 0 aromatic rings. The minimum absolute atomic E-state index is 0.123. The van der Waals surface area contributed by atoms with Crippen LogP contribution in [0.15, 0.2) is 0 Å². The Morgan fingerprint density at radius 1 is 1.67 bits per heavy atom. The molecule has 0 bridgehead atoms. The second-order valence-electron chi connectivity index (χ2n) is 2.89. The lowest BCUT2D eigenvalue weighted by atomic mass is 10.3. The van der Waals surface area contributed by atoms with Crippen LogP contribution in [-0.4, -0.2) is 50.7 Å². The van der Waals surface area contributed by atoms with Gasteiger partial charge in [-0.1, -0.05) is 0 Å². The van der Waals surface area contributed by atoms with Crippen LogP contribution in [0.2, 0.25) is 0 Å². The number of hydrogen-bond acceptors (Lipinski definition) is 3. The van der Waals surface area contributed by atoms with Gasteiger partial charge in [-0.05, 0) is 20.0 Å². The van der Waals surface area contributed by atoms with Gasteiger partial charge in [-0.2, -0.15) is 0 Å². The first-order chi connectivity index (χ1) is 5.84. The van der Waals surface area contributed by atoms with Gasteiger partial charge in [0.2, 0.25) is 5.91 Å². The van der Waals surface area contributed by atoms with Gasteiger partial charge in [0.1, 0.15) is 6.61 Å². The zero-order chi connectivity index (χ0) is 8.81. The molecular formula is C8H16N2O2. The maximum atomic E-state index is 11.2. The average molecular weight is 172 g/mol. The number of ether oxygens (including phenoxy) is 1. The number of amides is 1. The summed E-state index contributed by atoms with van der Waals surface area (Å²) in [6.45, 7) is 3.51. The van der Waals surface area contributed by atoms with Crippen LogP contribution in [0.3, 0.4) is 0 Å². The molecule has 1 aliphatic heterocycles. The fourth-order valence-corrected chi connectivity index (χ4v) is 1.23. The third-order valence-electron chi connectivity index (χ3n) is 1.94. The van der Waals surface area contributed by atoms with Crippen LogP contribution < -0.4 is 5.32 Å². The molecule has 70 valence electrons. The lowest BCUT2D eigenvalue weighted by Crippen LogP contribution is -2.42. The van der Waals surface area contributed by atoms with Crippen LogP contribution in [0.1, 0.15) is 6.42 Å². The second kappa shape index (κ2) is 5.11. The van der Waals surface area contributed by atoms with Gasteiger partial charge in [0.25, 0.3) is 0 Å². The van der Waals surface area contributed by atoms with E-state index in [1.54, 1.807) is 0 Å². The summed E-state index contributed by atoms with van der Waals surface area (Å²) in [4.78, 5) is 13.0. The number of nitrogens with one attached hydrogen (secondary N) is 1. The molecule has 0 aromatic carbocycles. The first-order valence-electron chi connectivity index (χ1n) is 4.34. The molecule has 0 aliphatic carbocycles. The summed E-state index contributed by atoms with van der Waals surface area (Å²) in [5.41, 5.74) is 0. The number of nitrogens with zero attached hydrogens (tertiary/aromatic N) is 1. The number of carbonyl (C=O) groups is 1. The Hall–Kier alpha value is -0.610. The molecule has 1 rings (SSSR count). The van der Waals surface area contributed by atoms with E-state index in [9.17, 15) is 4.79 Å². The molecule has 0 atom stereocenters. The van der Waals surface area contributed by atoms with Gasteiger partial charge in [-0.3, -0.25) is 4.79 Å². The van der Waals surface area contributed by atoms with Crippen LogP contribution in [0.5, 0.6) is 0 Å². The third kappa shape index (κ3) is 2.79. The van der Waals surface area contributed by atoms with Gasteiger partial charge in [-0.15, -0.1) is 0 Å². The topological polar surface area (TPSA) is 41.6 Å². The van der Waals surface area contributed by atoms with Crippen molar-refractivity contribution in [1.82, 2.24) is 10.2 Å². The van der Waals surface area contributed by atoms with Gasteiger partial charge < -0.3 is 15.0 Å². The van der Waals surface area contributed by atoms with Crippen molar-refractivity contribution in [2.75, 3.05) is 39.9 Å². The van der Waals surface area contributed by atoms with E-state index >= 15 is 0 Å². The molecule has 12 heavy (non-hydrogen) atoms. The molecule has 1 saturated heterocycles. The van der Waals surface area contributed by atoms with Crippen molar-refractivity contribution in [2.24, 2.45) is 0 Å². The molecule has 0 saturated carbocycles. The molecule has 4 heteroatoms. The molecule has 0 radical (unpaired) electrons. The standard InChI is InChI=1S/C8H16N2O2/c1-9-3-2-4-10-5-6-12-7-8(10)11/h9H,2-7H2,1H3. The summed E-state index contributed by atoms with van der Waals surface area (Å²) >= 11 is 0. The third-order valence-corrected chi connectivity index (χ3v) is 1.94. The fourth-order valence-electron chi connectivity index (χ4n) is 1.23. The molecule has 1 amide bonds. The highest BCUT2D eigenvalue weighted by Crippen LogP contribution is 1.99. The quantitative estimate of drug-likeness (QED) is 0.579. The van der Waals surface area contributed by atoms with Crippen molar-refractivity contribution in [3.05, 3.63) is 0 Å². The molecule has 0 aromatic heterocycles. The fraction of sp³-hybridized carbons (Fsp3) is 0.875. The van der Waals surface area contributed by atoms with Crippen molar-refractivity contribution in [3.63, 3.8) is 0 Å². The highest BCUT2D eigenvalue weighted by Gasteiger charge is 2.16. The van der Waals surface area contributed by atoms with Crippen molar-refractivity contribution >= 4 is 5.91 Å². The SMILES string of the molecule is CNCCCN1CCOCC1=O. The van der Waals surface area contributed by atoms with Crippen LogP contribution in [0.25, 0.3) is 0 Å². The van der Waals surface area contributed by atoms with Crippen molar-refractivity contribution < 1.29 is 9.53 Å². The zero-order valence-electron chi connectivity index (χ0n) is 7.51. The Bertz CT molecular complexity index is 150. The van der Waals surface area contributed by atoms with E-state index in [1.807, 2.05) is 11.9 Å². The zero-order valence-corrected chi connectivity index (χ0v) is 7.51. The minimum Gasteiger partial charge on any atom is -0.370 e. The van der Waals surface area contributed by atoms with E-state index in [-0.39, 0.29) is 12.5 Å². The molecular weight excluding hydrogens is 156 g/mol. The molecule has 4 nitrogen and oxygen atoms in total. The molecule has 1 aliphatic rings. The van der Waals surface area contributed by atoms with Gasteiger partial charge in [0.05, 0.1) is 6.61 Å². The Labute approximate surface area is 72.9 Å².